The van der Waals surface area contributed by atoms with E-state index in [9.17, 15) is 13.2 Å². The summed E-state index contributed by atoms with van der Waals surface area (Å²) >= 11 is 5.68. The lowest BCUT2D eigenvalue weighted by Crippen LogP contribution is -2.39. The number of piperidine rings is 1. The fourth-order valence-electron chi connectivity index (χ4n) is 2.47. The molecule has 2 rings (SSSR count). The van der Waals surface area contributed by atoms with Gasteiger partial charge in [0.2, 0.25) is 15.9 Å². The molecule has 2 atom stereocenters. The van der Waals surface area contributed by atoms with E-state index in [1.165, 1.54) is 16.4 Å². The van der Waals surface area contributed by atoms with Gasteiger partial charge in [-0.05, 0) is 49.9 Å². The first-order valence-corrected chi connectivity index (χ1v) is 9.23. The highest BCUT2D eigenvalue weighted by Crippen LogP contribution is 2.24. The average Bonchev–Trinajstić information content (AvgIpc) is 2.47. The minimum atomic E-state index is -3.46. The number of hydrogen-bond donors (Lipinski definition) is 1. The lowest BCUT2D eigenvalue weighted by Gasteiger charge is -2.30. The molecule has 122 valence electrons. The molecule has 22 heavy (non-hydrogen) atoms. The number of amides is 1. The van der Waals surface area contributed by atoms with Gasteiger partial charge in [0.1, 0.15) is 5.38 Å². The van der Waals surface area contributed by atoms with E-state index in [-0.39, 0.29) is 10.8 Å². The molecule has 0 aromatic heterocycles. The summed E-state index contributed by atoms with van der Waals surface area (Å²) in [7, 11) is -3.46. The first-order valence-electron chi connectivity index (χ1n) is 7.36. The Labute approximate surface area is 136 Å². The molecule has 1 aromatic carbocycles. The molecule has 1 amide bonds. The van der Waals surface area contributed by atoms with Gasteiger partial charge in [-0.3, -0.25) is 4.79 Å². The summed E-state index contributed by atoms with van der Waals surface area (Å²) in [5.41, 5.74) is 0.531. The minimum absolute atomic E-state index is 0.249. The number of alkyl halides is 1. The van der Waals surface area contributed by atoms with Crippen molar-refractivity contribution >= 4 is 33.2 Å². The molecule has 1 aliphatic rings. The highest BCUT2D eigenvalue weighted by molar-refractivity contribution is 7.89. The normalized spacial score (nSPS) is 21.3. The maximum absolute atomic E-state index is 12.6. The number of carbonyl (C=O) groups excluding carboxylic acids is 1. The van der Waals surface area contributed by atoms with Crippen LogP contribution in [0.3, 0.4) is 0 Å². The zero-order valence-electron chi connectivity index (χ0n) is 12.8. The van der Waals surface area contributed by atoms with Crippen molar-refractivity contribution in [1.29, 1.82) is 0 Å². The van der Waals surface area contributed by atoms with Crippen molar-refractivity contribution < 1.29 is 13.2 Å². The Morgan fingerprint density at radius 2 is 2.00 bits per heavy atom. The molecule has 1 aromatic rings. The molecular formula is C15H21ClN2O3S. The number of nitrogens with one attached hydrogen (secondary N) is 1. The molecular weight excluding hydrogens is 324 g/mol. The van der Waals surface area contributed by atoms with Crippen molar-refractivity contribution in [3.63, 3.8) is 0 Å². The average molecular weight is 345 g/mol. The fraction of sp³-hybridized carbons (Fsp3) is 0.533. The van der Waals surface area contributed by atoms with E-state index in [2.05, 4.69) is 12.2 Å². The van der Waals surface area contributed by atoms with Gasteiger partial charge in [0, 0.05) is 18.8 Å². The second-order valence-electron chi connectivity index (χ2n) is 5.74. The van der Waals surface area contributed by atoms with Crippen LogP contribution in [0, 0.1) is 5.92 Å². The molecule has 5 nitrogen and oxygen atoms in total. The maximum Gasteiger partial charge on any atom is 0.243 e. The third kappa shape index (κ3) is 4.00. The summed E-state index contributed by atoms with van der Waals surface area (Å²) in [6.45, 7) is 4.76. The van der Waals surface area contributed by atoms with Gasteiger partial charge in [0.15, 0.2) is 0 Å². The van der Waals surface area contributed by atoms with E-state index in [0.717, 1.165) is 12.8 Å². The standard InChI is InChI=1S/C15H21ClN2O3S/c1-11-4-3-9-18(10-11)22(20,21)14-7-5-13(6-8-14)17-15(19)12(2)16/h5-8,11-12H,3-4,9-10H2,1-2H3,(H,17,19)/t11-,12+/m1/s1. The van der Waals surface area contributed by atoms with Crippen molar-refractivity contribution in [2.75, 3.05) is 18.4 Å². The van der Waals surface area contributed by atoms with Crippen LogP contribution in [0.1, 0.15) is 26.7 Å². The zero-order chi connectivity index (χ0) is 16.3. The molecule has 0 saturated carbocycles. The van der Waals surface area contributed by atoms with Crippen LogP contribution in [0.4, 0.5) is 5.69 Å². The van der Waals surface area contributed by atoms with Gasteiger partial charge in [-0.15, -0.1) is 11.6 Å². The van der Waals surface area contributed by atoms with E-state index in [1.54, 1.807) is 19.1 Å². The molecule has 1 fully saturated rings. The molecule has 0 radical (unpaired) electrons. The highest BCUT2D eigenvalue weighted by atomic mass is 35.5. The number of hydrogen-bond acceptors (Lipinski definition) is 3. The van der Waals surface area contributed by atoms with Crippen LogP contribution in [0.2, 0.25) is 0 Å². The van der Waals surface area contributed by atoms with Crippen LogP contribution in [0.15, 0.2) is 29.2 Å². The van der Waals surface area contributed by atoms with Crippen LogP contribution in [-0.2, 0) is 14.8 Å². The molecule has 1 aliphatic heterocycles. The first-order chi connectivity index (χ1) is 10.3. The Morgan fingerprint density at radius 1 is 1.36 bits per heavy atom. The van der Waals surface area contributed by atoms with Crippen LogP contribution >= 0.6 is 11.6 Å². The fourth-order valence-corrected chi connectivity index (χ4v) is 4.12. The smallest absolute Gasteiger partial charge is 0.243 e. The van der Waals surface area contributed by atoms with Crippen LogP contribution < -0.4 is 5.32 Å². The van der Waals surface area contributed by atoms with E-state index in [1.807, 2.05) is 0 Å². The largest absolute Gasteiger partial charge is 0.325 e. The van der Waals surface area contributed by atoms with Crippen molar-refractivity contribution in [1.82, 2.24) is 4.31 Å². The number of halogens is 1. The SMILES string of the molecule is C[C@@H]1CCCN(S(=O)(=O)c2ccc(NC(=O)[C@H](C)Cl)cc2)C1. The molecule has 1 saturated heterocycles. The molecule has 0 bridgehead atoms. The molecule has 7 heteroatoms. The van der Waals surface area contributed by atoms with Gasteiger partial charge < -0.3 is 5.32 Å². The summed E-state index contributed by atoms with van der Waals surface area (Å²) in [5, 5.41) is 1.99. The van der Waals surface area contributed by atoms with Gasteiger partial charge in [0.25, 0.3) is 0 Å². The third-order valence-corrected chi connectivity index (χ3v) is 5.82. The van der Waals surface area contributed by atoms with Crippen LogP contribution in [0.5, 0.6) is 0 Å². The Kier molecular flexibility index (Phi) is 5.47. The predicted molar refractivity (Wildman–Crippen MR) is 87.5 cm³/mol. The van der Waals surface area contributed by atoms with Gasteiger partial charge in [-0.1, -0.05) is 6.92 Å². The van der Waals surface area contributed by atoms with Crippen LogP contribution in [-0.4, -0.2) is 37.1 Å². The lowest BCUT2D eigenvalue weighted by molar-refractivity contribution is -0.115. The summed E-state index contributed by atoms with van der Waals surface area (Å²) < 4.78 is 26.7. The first kappa shape index (κ1) is 17.2. The lowest BCUT2D eigenvalue weighted by atomic mass is 10.0. The second kappa shape index (κ2) is 6.98. The number of carbonyl (C=O) groups is 1. The van der Waals surface area contributed by atoms with Gasteiger partial charge in [-0.2, -0.15) is 4.31 Å². The second-order valence-corrected chi connectivity index (χ2v) is 8.33. The van der Waals surface area contributed by atoms with Gasteiger partial charge in [0.05, 0.1) is 4.90 Å². The Bertz CT molecular complexity index is 629. The van der Waals surface area contributed by atoms with Crippen molar-refractivity contribution in [3.05, 3.63) is 24.3 Å². The Hall–Kier alpha value is -1.11. The Balaban J connectivity index is 2.13. The Morgan fingerprint density at radius 3 is 2.55 bits per heavy atom. The van der Waals surface area contributed by atoms with Crippen LogP contribution in [0.25, 0.3) is 0 Å². The maximum atomic E-state index is 12.6. The highest BCUT2D eigenvalue weighted by Gasteiger charge is 2.28. The number of benzene rings is 1. The third-order valence-electron chi connectivity index (χ3n) is 3.74. The van der Waals surface area contributed by atoms with Gasteiger partial charge >= 0.3 is 0 Å². The topological polar surface area (TPSA) is 66.5 Å². The molecule has 1 heterocycles. The van der Waals surface area contributed by atoms with E-state index >= 15 is 0 Å². The molecule has 0 aliphatic carbocycles. The van der Waals surface area contributed by atoms with Crippen molar-refractivity contribution in [2.45, 2.75) is 37.0 Å². The molecule has 1 N–H and O–H groups in total. The number of nitrogens with zero attached hydrogens (tertiary/aromatic N) is 1. The zero-order valence-corrected chi connectivity index (χ0v) is 14.3. The summed E-state index contributed by atoms with van der Waals surface area (Å²) in [6, 6.07) is 6.20. The summed E-state index contributed by atoms with van der Waals surface area (Å²) in [5.74, 6) is 0.0643. The molecule has 0 spiro atoms. The number of sulfonamides is 1. The predicted octanol–water partition coefficient (Wildman–Crippen LogP) is 2.67. The number of anilines is 1. The van der Waals surface area contributed by atoms with Crippen molar-refractivity contribution in [2.24, 2.45) is 5.92 Å². The van der Waals surface area contributed by atoms with E-state index in [4.69, 9.17) is 11.6 Å². The minimum Gasteiger partial charge on any atom is -0.325 e. The summed E-state index contributed by atoms with van der Waals surface area (Å²) in [4.78, 5) is 11.8. The number of rotatable bonds is 4. The quantitative estimate of drug-likeness (QED) is 0.854. The van der Waals surface area contributed by atoms with Crippen molar-refractivity contribution in [3.8, 4) is 0 Å². The molecule has 0 unspecified atom stereocenters. The monoisotopic (exact) mass is 344 g/mol. The van der Waals surface area contributed by atoms with E-state index < -0.39 is 15.4 Å². The van der Waals surface area contributed by atoms with Gasteiger partial charge in [-0.25, -0.2) is 8.42 Å². The summed E-state index contributed by atoms with van der Waals surface area (Å²) in [6.07, 6.45) is 1.95. The van der Waals surface area contributed by atoms with E-state index in [0.29, 0.717) is 24.7 Å².